The molecule has 0 spiro atoms. The molecule has 2 aliphatic rings. The van der Waals surface area contributed by atoms with Gasteiger partial charge in [0.2, 0.25) is 0 Å². The van der Waals surface area contributed by atoms with Crippen LogP contribution < -0.4 is 0 Å². The summed E-state index contributed by atoms with van der Waals surface area (Å²) in [6.45, 7) is 0. The van der Waals surface area contributed by atoms with Crippen molar-refractivity contribution in [3.63, 3.8) is 0 Å². The lowest BCUT2D eigenvalue weighted by Gasteiger charge is -2.40. The molecular weight excluding hydrogens is 353 g/mol. The summed E-state index contributed by atoms with van der Waals surface area (Å²) in [5, 5.41) is 0. The molecule has 1 fully saturated rings. The minimum Gasteiger partial charge on any atom is -0.263 e. The number of hydrogen-bond acceptors (Lipinski definition) is 3. The molecule has 23 heavy (non-hydrogen) atoms. The maximum absolute atomic E-state index is 14.0. The van der Waals surface area contributed by atoms with Crippen molar-refractivity contribution in [3.8, 4) is 0 Å². The first-order valence-corrected chi connectivity index (χ1v) is 9.96. The lowest BCUT2D eigenvalue weighted by molar-refractivity contribution is -0.0433. The van der Waals surface area contributed by atoms with Gasteiger partial charge in [-0.05, 0) is 36.5 Å². The van der Waals surface area contributed by atoms with E-state index < -0.39 is 26.2 Å². The standard InChI is InChI=1S/C14H15F3O4S2/c15-14(16,17)22(21-23(18,19)20)12-8-4-3-7-11(12)9-13(22)10-5-1-2-6-10/h3-4,7-10H,1-2,5-6H2,(H,18,19,20). The molecule has 1 aromatic carbocycles. The fraction of sp³-hybridized carbons (Fsp3) is 0.429. The molecule has 1 saturated carbocycles. The van der Waals surface area contributed by atoms with E-state index in [4.69, 9.17) is 4.55 Å². The van der Waals surface area contributed by atoms with Crippen molar-refractivity contribution in [3.05, 3.63) is 34.7 Å². The summed E-state index contributed by atoms with van der Waals surface area (Å²) < 4.78 is 78.0. The van der Waals surface area contributed by atoms with Crippen LogP contribution in [0.25, 0.3) is 6.08 Å². The van der Waals surface area contributed by atoms with Gasteiger partial charge in [-0.3, -0.25) is 4.55 Å². The Morgan fingerprint density at radius 1 is 1.17 bits per heavy atom. The van der Waals surface area contributed by atoms with Gasteiger partial charge < -0.3 is 0 Å². The molecular formula is C14H15F3O4S2. The molecule has 0 amide bonds. The molecule has 0 saturated heterocycles. The van der Waals surface area contributed by atoms with Gasteiger partial charge in [0.25, 0.3) is 0 Å². The van der Waals surface area contributed by atoms with Crippen molar-refractivity contribution >= 4 is 26.8 Å². The second-order valence-corrected chi connectivity index (χ2v) is 9.45. The van der Waals surface area contributed by atoms with Crippen molar-refractivity contribution in [2.24, 2.45) is 5.92 Å². The molecule has 4 nitrogen and oxygen atoms in total. The summed E-state index contributed by atoms with van der Waals surface area (Å²) in [6.07, 6.45) is 4.08. The summed E-state index contributed by atoms with van der Waals surface area (Å²) in [5.74, 6) is -0.388. The molecule has 9 heteroatoms. The van der Waals surface area contributed by atoms with E-state index in [1.54, 1.807) is 6.07 Å². The van der Waals surface area contributed by atoms with Crippen LogP contribution in [0.2, 0.25) is 0 Å². The Hall–Kier alpha value is -1.03. The van der Waals surface area contributed by atoms with Crippen LogP contribution in [0.3, 0.4) is 0 Å². The largest absolute Gasteiger partial charge is 0.456 e. The Bertz CT molecular complexity index is 752. The molecule has 1 atom stereocenters. The zero-order valence-corrected chi connectivity index (χ0v) is 13.5. The average Bonchev–Trinajstić information content (AvgIpc) is 3.03. The first-order chi connectivity index (χ1) is 10.7. The van der Waals surface area contributed by atoms with Crippen molar-refractivity contribution in [2.45, 2.75) is 36.1 Å². The van der Waals surface area contributed by atoms with E-state index in [0.717, 1.165) is 12.8 Å². The minimum atomic E-state index is -5.28. The second-order valence-electron chi connectivity index (χ2n) is 5.56. The summed E-state index contributed by atoms with van der Waals surface area (Å²) in [7, 11) is -9.57. The first kappa shape index (κ1) is 16.8. The minimum absolute atomic E-state index is 0.0543. The Kier molecular flexibility index (Phi) is 4.03. The zero-order valence-electron chi connectivity index (χ0n) is 11.9. The third kappa shape index (κ3) is 2.79. The Balaban J connectivity index is 2.25. The van der Waals surface area contributed by atoms with Gasteiger partial charge in [-0.25, -0.2) is 0 Å². The highest BCUT2D eigenvalue weighted by Crippen LogP contribution is 2.79. The van der Waals surface area contributed by atoms with E-state index in [0.29, 0.717) is 18.4 Å². The maximum Gasteiger partial charge on any atom is 0.456 e. The van der Waals surface area contributed by atoms with Crippen LogP contribution >= 0.6 is 10.3 Å². The van der Waals surface area contributed by atoms with Crippen molar-refractivity contribution in [2.75, 3.05) is 0 Å². The molecule has 0 radical (unpaired) electrons. The Morgan fingerprint density at radius 2 is 1.78 bits per heavy atom. The van der Waals surface area contributed by atoms with Crippen molar-refractivity contribution < 1.29 is 29.8 Å². The van der Waals surface area contributed by atoms with Gasteiger partial charge >= 0.3 is 15.9 Å². The maximum atomic E-state index is 14.0. The number of allylic oxidation sites excluding steroid dienone is 1. The third-order valence-corrected chi connectivity index (χ3v) is 8.39. The Labute approximate surface area is 133 Å². The van der Waals surface area contributed by atoms with Crippen molar-refractivity contribution in [1.29, 1.82) is 0 Å². The normalized spacial score (nSPS) is 28.3. The van der Waals surface area contributed by atoms with E-state index in [1.165, 1.54) is 24.3 Å². The Morgan fingerprint density at radius 3 is 2.35 bits per heavy atom. The van der Waals surface area contributed by atoms with E-state index in [9.17, 15) is 21.6 Å². The first-order valence-electron chi connectivity index (χ1n) is 7.04. The highest BCUT2D eigenvalue weighted by Gasteiger charge is 2.61. The van der Waals surface area contributed by atoms with E-state index in [1.807, 2.05) is 0 Å². The van der Waals surface area contributed by atoms with Gasteiger partial charge in [0.15, 0.2) is 0 Å². The lowest BCUT2D eigenvalue weighted by Crippen LogP contribution is -2.27. The lowest BCUT2D eigenvalue weighted by atomic mass is 10.1. The van der Waals surface area contributed by atoms with Crippen LogP contribution in [-0.2, 0) is 14.0 Å². The van der Waals surface area contributed by atoms with Gasteiger partial charge in [0.05, 0.1) is 0 Å². The van der Waals surface area contributed by atoms with Crippen LogP contribution in [0.1, 0.15) is 31.2 Å². The SMILES string of the molecule is O=S(=O)(O)OS1(C(F)(F)F)C(C2CCCC2)=Cc2ccccc21. The molecule has 1 unspecified atom stereocenters. The number of benzene rings is 1. The van der Waals surface area contributed by atoms with Crippen LogP contribution in [0.5, 0.6) is 0 Å². The van der Waals surface area contributed by atoms with Crippen LogP contribution in [0, 0.1) is 5.92 Å². The summed E-state index contributed by atoms with van der Waals surface area (Å²) in [4.78, 5) is -0.270. The molecule has 0 bridgehead atoms. The van der Waals surface area contributed by atoms with Gasteiger partial charge in [-0.15, -0.1) is 0 Å². The van der Waals surface area contributed by atoms with Gasteiger partial charge in [-0.2, -0.15) is 25.2 Å². The van der Waals surface area contributed by atoms with Gasteiger partial charge in [0, 0.05) is 20.1 Å². The molecule has 1 aliphatic carbocycles. The zero-order chi connectivity index (χ0) is 16.9. The van der Waals surface area contributed by atoms with Crippen LogP contribution in [-0.4, -0.2) is 18.5 Å². The third-order valence-electron chi connectivity index (χ3n) is 4.13. The molecule has 1 heterocycles. The fourth-order valence-corrected chi connectivity index (χ4v) is 7.74. The quantitative estimate of drug-likeness (QED) is 0.789. The number of rotatable bonds is 3. The fourth-order valence-electron chi connectivity index (χ4n) is 3.29. The monoisotopic (exact) mass is 368 g/mol. The predicted molar refractivity (Wildman–Crippen MR) is 80.9 cm³/mol. The summed E-state index contributed by atoms with van der Waals surface area (Å²) in [6, 6.07) is 5.71. The summed E-state index contributed by atoms with van der Waals surface area (Å²) in [5.41, 5.74) is -4.64. The summed E-state index contributed by atoms with van der Waals surface area (Å²) >= 11 is 0. The molecule has 0 aromatic heterocycles. The van der Waals surface area contributed by atoms with Crippen LogP contribution in [0.4, 0.5) is 13.2 Å². The number of alkyl halides is 3. The average molecular weight is 368 g/mol. The highest BCUT2D eigenvalue weighted by molar-refractivity contribution is 8.36. The molecule has 1 N–H and O–H groups in total. The molecule has 1 aliphatic heterocycles. The highest BCUT2D eigenvalue weighted by atomic mass is 32.3. The predicted octanol–water partition coefficient (Wildman–Crippen LogP) is 4.65. The smallest absolute Gasteiger partial charge is 0.263 e. The molecule has 3 rings (SSSR count). The molecule has 128 valence electrons. The topological polar surface area (TPSA) is 63.6 Å². The number of fused-ring (bicyclic) bond motifs is 1. The van der Waals surface area contributed by atoms with E-state index in [-0.39, 0.29) is 15.7 Å². The number of hydrogen-bond donors (Lipinski definition) is 1. The van der Waals surface area contributed by atoms with E-state index in [2.05, 4.69) is 3.63 Å². The van der Waals surface area contributed by atoms with Crippen LogP contribution in [0.15, 0.2) is 34.1 Å². The van der Waals surface area contributed by atoms with Crippen molar-refractivity contribution in [1.82, 2.24) is 0 Å². The number of halogens is 3. The molecule has 1 aromatic rings. The second kappa shape index (κ2) is 5.51. The van der Waals surface area contributed by atoms with E-state index >= 15 is 0 Å². The van der Waals surface area contributed by atoms with Gasteiger partial charge in [-0.1, -0.05) is 31.0 Å². The van der Waals surface area contributed by atoms with Gasteiger partial charge in [0.1, 0.15) is 0 Å².